The van der Waals surface area contributed by atoms with E-state index in [-0.39, 0.29) is 12.3 Å². The van der Waals surface area contributed by atoms with Crippen molar-refractivity contribution in [1.82, 2.24) is 5.32 Å². The van der Waals surface area contributed by atoms with Gasteiger partial charge in [0.05, 0.1) is 18.2 Å². The van der Waals surface area contributed by atoms with E-state index in [4.69, 9.17) is 9.47 Å². The first-order chi connectivity index (χ1) is 12.0. The van der Waals surface area contributed by atoms with Gasteiger partial charge >= 0.3 is 5.97 Å². The molecule has 0 bridgehead atoms. The number of hydrogen-bond acceptors (Lipinski definition) is 5. The number of halogens is 1. The van der Waals surface area contributed by atoms with Crippen LogP contribution in [0.1, 0.15) is 20.7 Å². The fourth-order valence-electron chi connectivity index (χ4n) is 2.04. The molecule has 0 radical (unpaired) electrons. The van der Waals surface area contributed by atoms with Gasteiger partial charge in [0.2, 0.25) is 5.78 Å². The van der Waals surface area contributed by atoms with E-state index < -0.39 is 18.5 Å². The lowest BCUT2D eigenvalue weighted by Crippen LogP contribution is -2.31. The van der Waals surface area contributed by atoms with Crippen molar-refractivity contribution in [3.63, 3.8) is 0 Å². The third-order valence-corrected chi connectivity index (χ3v) is 3.97. The average molecular weight is 406 g/mol. The fourth-order valence-corrected chi connectivity index (χ4v) is 2.51. The van der Waals surface area contributed by atoms with E-state index in [2.05, 4.69) is 21.2 Å². The van der Waals surface area contributed by atoms with Crippen LogP contribution in [0, 0.1) is 0 Å². The van der Waals surface area contributed by atoms with Gasteiger partial charge in [0, 0.05) is 4.47 Å². The molecule has 0 aliphatic heterocycles. The Morgan fingerprint density at radius 3 is 2.32 bits per heavy atom. The molecule has 0 fully saturated rings. The van der Waals surface area contributed by atoms with Crippen LogP contribution in [0.15, 0.2) is 53.0 Å². The highest BCUT2D eigenvalue weighted by molar-refractivity contribution is 9.10. The Bertz CT molecular complexity index is 791. The zero-order valence-corrected chi connectivity index (χ0v) is 15.0. The number of methoxy groups -OCH3 is 1. The van der Waals surface area contributed by atoms with Crippen molar-refractivity contribution in [3.05, 3.63) is 64.1 Å². The van der Waals surface area contributed by atoms with Gasteiger partial charge in [-0.3, -0.25) is 14.4 Å². The molecular formula is C18H16BrNO5. The van der Waals surface area contributed by atoms with Crippen molar-refractivity contribution in [2.45, 2.75) is 0 Å². The Morgan fingerprint density at radius 1 is 1.00 bits per heavy atom. The van der Waals surface area contributed by atoms with E-state index in [1.807, 2.05) is 0 Å². The molecule has 2 rings (SSSR count). The van der Waals surface area contributed by atoms with Crippen LogP contribution in [0.5, 0.6) is 5.75 Å². The van der Waals surface area contributed by atoms with Crippen LogP contribution < -0.4 is 10.1 Å². The van der Waals surface area contributed by atoms with Crippen LogP contribution in [0.2, 0.25) is 0 Å². The maximum Gasteiger partial charge on any atom is 0.325 e. The zero-order chi connectivity index (χ0) is 18.2. The number of para-hydroxylation sites is 1. The zero-order valence-electron chi connectivity index (χ0n) is 13.5. The topological polar surface area (TPSA) is 81.7 Å². The van der Waals surface area contributed by atoms with E-state index in [9.17, 15) is 14.4 Å². The van der Waals surface area contributed by atoms with Crippen LogP contribution in [-0.4, -0.2) is 37.9 Å². The molecule has 0 atom stereocenters. The molecule has 0 heterocycles. The van der Waals surface area contributed by atoms with E-state index in [1.54, 1.807) is 48.5 Å². The number of carbonyl (C=O) groups excluding carboxylic acids is 3. The highest BCUT2D eigenvalue weighted by atomic mass is 79.9. The second kappa shape index (κ2) is 8.98. The van der Waals surface area contributed by atoms with Crippen molar-refractivity contribution in [2.24, 2.45) is 0 Å². The summed E-state index contributed by atoms with van der Waals surface area (Å²) in [5.74, 6) is -1.10. The van der Waals surface area contributed by atoms with Crippen molar-refractivity contribution in [3.8, 4) is 5.75 Å². The van der Waals surface area contributed by atoms with E-state index in [0.717, 1.165) is 0 Å². The molecule has 2 aromatic rings. The van der Waals surface area contributed by atoms with Crippen LogP contribution in [0.3, 0.4) is 0 Å². The van der Waals surface area contributed by atoms with Crippen LogP contribution in [0.25, 0.3) is 0 Å². The Labute approximate surface area is 153 Å². The number of hydrogen-bond donors (Lipinski definition) is 1. The molecule has 1 N–H and O–H groups in total. The predicted octanol–water partition coefficient (Wildman–Crippen LogP) is 2.61. The van der Waals surface area contributed by atoms with Gasteiger partial charge in [-0.2, -0.15) is 0 Å². The molecule has 6 nitrogen and oxygen atoms in total. The number of ketones is 1. The minimum atomic E-state index is -0.705. The predicted molar refractivity (Wildman–Crippen MR) is 94.8 cm³/mol. The molecule has 2 aromatic carbocycles. The molecule has 0 saturated heterocycles. The van der Waals surface area contributed by atoms with Gasteiger partial charge in [-0.05, 0) is 40.2 Å². The van der Waals surface area contributed by atoms with Gasteiger partial charge < -0.3 is 14.8 Å². The maximum atomic E-state index is 12.1. The molecule has 0 aliphatic carbocycles. The summed E-state index contributed by atoms with van der Waals surface area (Å²) in [6.45, 7) is -0.760. The second-order valence-corrected chi connectivity index (χ2v) is 5.80. The molecule has 0 saturated carbocycles. The number of nitrogens with one attached hydrogen (secondary N) is 1. The first kappa shape index (κ1) is 18.7. The maximum absolute atomic E-state index is 12.1. The Hall–Kier alpha value is -2.67. The number of amides is 1. The lowest BCUT2D eigenvalue weighted by Gasteiger charge is -2.09. The largest absolute Gasteiger partial charge is 0.496 e. The van der Waals surface area contributed by atoms with Crippen molar-refractivity contribution >= 4 is 33.6 Å². The van der Waals surface area contributed by atoms with Gasteiger partial charge in [-0.1, -0.05) is 24.3 Å². The summed E-state index contributed by atoms with van der Waals surface area (Å²) in [7, 11) is 1.45. The van der Waals surface area contributed by atoms with Crippen molar-refractivity contribution in [2.75, 3.05) is 20.3 Å². The number of rotatable bonds is 7. The van der Waals surface area contributed by atoms with Crippen LogP contribution in [-0.2, 0) is 9.53 Å². The fraction of sp³-hybridized carbons (Fsp3) is 0.167. The lowest BCUT2D eigenvalue weighted by atomic mass is 10.1. The molecule has 130 valence electrons. The summed E-state index contributed by atoms with van der Waals surface area (Å²) < 4.78 is 10.6. The normalized spacial score (nSPS) is 10.0. The highest BCUT2D eigenvalue weighted by Gasteiger charge is 2.15. The highest BCUT2D eigenvalue weighted by Crippen LogP contribution is 2.18. The minimum Gasteiger partial charge on any atom is -0.496 e. The van der Waals surface area contributed by atoms with Crippen LogP contribution >= 0.6 is 15.9 Å². The Kier molecular flexibility index (Phi) is 6.71. The van der Waals surface area contributed by atoms with E-state index in [0.29, 0.717) is 21.3 Å². The quantitative estimate of drug-likeness (QED) is 0.565. The SMILES string of the molecule is COc1ccccc1C(=O)COC(=O)CNC(=O)c1ccccc1Br. The summed E-state index contributed by atoms with van der Waals surface area (Å²) in [5, 5.41) is 2.45. The van der Waals surface area contributed by atoms with E-state index >= 15 is 0 Å². The summed E-state index contributed by atoms with van der Waals surface area (Å²) >= 11 is 3.26. The van der Waals surface area contributed by atoms with Crippen molar-refractivity contribution in [1.29, 1.82) is 0 Å². The van der Waals surface area contributed by atoms with Gasteiger partial charge in [-0.15, -0.1) is 0 Å². The number of carbonyl (C=O) groups is 3. The summed E-state index contributed by atoms with van der Waals surface area (Å²) in [5.41, 5.74) is 0.732. The van der Waals surface area contributed by atoms with Gasteiger partial charge in [-0.25, -0.2) is 0 Å². The van der Waals surface area contributed by atoms with Crippen LogP contribution in [0.4, 0.5) is 0 Å². The number of benzene rings is 2. The summed E-state index contributed by atoms with van der Waals surface area (Å²) in [6, 6.07) is 13.5. The average Bonchev–Trinajstić information content (AvgIpc) is 2.64. The molecule has 0 unspecified atom stereocenters. The third-order valence-electron chi connectivity index (χ3n) is 3.28. The molecule has 0 spiro atoms. The summed E-state index contributed by atoms with van der Waals surface area (Å²) in [4.78, 5) is 35.8. The third kappa shape index (κ3) is 5.15. The Morgan fingerprint density at radius 2 is 1.64 bits per heavy atom. The molecule has 0 aromatic heterocycles. The second-order valence-electron chi connectivity index (χ2n) is 4.95. The molecule has 1 amide bonds. The minimum absolute atomic E-state index is 0.329. The Balaban J connectivity index is 1.84. The molecule has 0 aliphatic rings. The number of ether oxygens (including phenoxy) is 2. The standard InChI is InChI=1S/C18H16BrNO5/c1-24-16-9-5-3-7-13(16)15(21)11-25-17(22)10-20-18(23)12-6-2-4-8-14(12)19/h2-9H,10-11H2,1H3,(H,20,23). The summed E-state index contributed by atoms with van der Waals surface area (Å²) in [6.07, 6.45) is 0. The van der Waals surface area contributed by atoms with Gasteiger partial charge in [0.25, 0.3) is 5.91 Å². The number of esters is 1. The van der Waals surface area contributed by atoms with Gasteiger partial charge in [0.1, 0.15) is 12.3 Å². The van der Waals surface area contributed by atoms with Crippen molar-refractivity contribution < 1.29 is 23.9 Å². The number of Topliss-reactive ketones (excluding diaryl/α,β-unsaturated/α-hetero) is 1. The van der Waals surface area contributed by atoms with E-state index in [1.165, 1.54) is 7.11 Å². The monoisotopic (exact) mass is 405 g/mol. The molecule has 7 heteroatoms. The van der Waals surface area contributed by atoms with Gasteiger partial charge in [0.15, 0.2) is 6.61 Å². The smallest absolute Gasteiger partial charge is 0.325 e. The first-order valence-corrected chi connectivity index (χ1v) is 8.16. The first-order valence-electron chi connectivity index (χ1n) is 7.37. The molecule has 25 heavy (non-hydrogen) atoms. The lowest BCUT2D eigenvalue weighted by molar-refractivity contribution is -0.141. The molecular weight excluding hydrogens is 390 g/mol.